The molecule has 0 saturated heterocycles. The molecule has 26 heavy (non-hydrogen) atoms. The average Bonchev–Trinajstić information content (AvgIpc) is 2.62. The molecule has 6 nitrogen and oxygen atoms in total. The number of nitrogens with zero attached hydrogens (tertiary/aromatic N) is 1. The van der Waals surface area contributed by atoms with Crippen LogP contribution >= 0.6 is 22.6 Å². The van der Waals surface area contributed by atoms with Crippen LogP contribution in [0.4, 0.5) is 0 Å². The van der Waals surface area contributed by atoms with Crippen LogP contribution in [0.25, 0.3) is 17.0 Å². The van der Waals surface area contributed by atoms with E-state index in [1.54, 1.807) is 6.08 Å². The Kier molecular flexibility index (Phi) is 5.35. The smallest absolute Gasteiger partial charge is 0.336 e. The van der Waals surface area contributed by atoms with Crippen LogP contribution in [0.3, 0.4) is 0 Å². The Morgan fingerprint density at radius 2 is 1.88 bits per heavy atom. The van der Waals surface area contributed by atoms with E-state index in [0.717, 1.165) is 5.56 Å². The molecule has 0 amide bonds. The SMILES string of the molecule is O=C(/C=C/c1ccccc1)Oc1c(I)cc(S(=O)(=O)O)c2cccnc12. The monoisotopic (exact) mass is 481 g/mol. The molecule has 0 aliphatic carbocycles. The highest BCUT2D eigenvalue weighted by atomic mass is 127. The van der Waals surface area contributed by atoms with E-state index >= 15 is 0 Å². The predicted octanol–water partition coefficient (Wildman–Crippen LogP) is 3.70. The molecule has 0 atom stereocenters. The van der Waals surface area contributed by atoms with Gasteiger partial charge < -0.3 is 4.74 Å². The van der Waals surface area contributed by atoms with Crippen molar-refractivity contribution in [3.05, 3.63) is 69.9 Å². The summed E-state index contributed by atoms with van der Waals surface area (Å²) >= 11 is 1.83. The van der Waals surface area contributed by atoms with Gasteiger partial charge in [0.1, 0.15) is 10.4 Å². The van der Waals surface area contributed by atoms with E-state index in [1.807, 2.05) is 52.9 Å². The summed E-state index contributed by atoms with van der Waals surface area (Å²) in [5, 5.41) is 0.172. The van der Waals surface area contributed by atoms with E-state index in [0.29, 0.717) is 3.57 Å². The summed E-state index contributed by atoms with van der Waals surface area (Å²) in [5.41, 5.74) is 1.01. The molecule has 3 aromatic rings. The van der Waals surface area contributed by atoms with Gasteiger partial charge in [-0.15, -0.1) is 0 Å². The summed E-state index contributed by atoms with van der Waals surface area (Å²) in [6.45, 7) is 0. The highest BCUT2D eigenvalue weighted by Gasteiger charge is 2.21. The zero-order valence-electron chi connectivity index (χ0n) is 13.2. The second-order valence-corrected chi connectivity index (χ2v) is 7.78. The van der Waals surface area contributed by atoms with Crippen molar-refractivity contribution in [1.29, 1.82) is 0 Å². The third-order valence-electron chi connectivity index (χ3n) is 3.45. The minimum absolute atomic E-state index is 0.135. The highest BCUT2D eigenvalue weighted by molar-refractivity contribution is 14.1. The topological polar surface area (TPSA) is 93.6 Å². The summed E-state index contributed by atoms with van der Waals surface area (Å²) in [5.74, 6) is -0.491. The van der Waals surface area contributed by atoms with Crippen molar-refractivity contribution >= 4 is 55.7 Å². The Bertz CT molecular complexity index is 1110. The van der Waals surface area contributed by atoms with E-state index in [-0.39, 0.29) is 21.5 Å². The quantitative estimate of drug-likeness (QED) is 0.201. The lowest BCUT2D eigenvalue weighted by atomic mass is 10.2. The molecule has 0 saturated carbocycles. The molecular weight excluding hydrogens is 469 g/mol. The van der Waals surface area contributed by atoms with Crippen LogP contribution in [-0.2, 0) is 14.9 Å². The fraction of sp³-hybridized carbons (Fsp3) is 0. The number of halogens is 1. The number of carbonyl (C=O) groups excluding carboxylic acids is 1. The predicted molar refractivity (Wildman–Crippen MR) is 105 cm³/mol. The van der Waals surface area contributed by atoms with Crippen molar-refractivity contribution in [2.75, 3.05) is 0 Å². The van der Waals surface area contributed by atoms with Crippen LogP contribution in [0.5, 0.6) is 5.75 Å². The van der Waals surface area contributed by atoms with Gasteiger partial charge in [-0.1, -0.05) is 30.3 Å². The standard InChI is InChI=1S/C18H12INO5S/c19-14-11-15(26(22,23)24)13-7-4-10-20-17(13)18(14)25-16(21)9-8-12-5-2-1-3-6-12/h1-11H,(H,22,23,24)/b9-8+. The molecule has 0 radical (unpaired) electrons. The first-order chi connectivity index (χ1) is 12.4. The fourth-order valence-corrected chi connectivity index (χ4v) is 3.93. The molecule has 1 N–H and O–H groups in total. The molecule has 0 unspecified atom stereocenters. The zero-order chi connectivity index (χ0) is 18.7. The molecule has 8 heteroatoms. The van der Waals surface area contributed by atoms with Crippen molar-refractivity contribution in [2.24, 2.45) is 0 Å². The van der Waals surface area contributed by atoms with Crippen molar-refractivity contribution in [1.82, 2.24) is 4.98 Å². The lowest BCUT2D eigenvalue weighted by Crippen LogP contribution is -2.08. The van der Waals surface area contributed by atoms with Gasteiger partial charge in [0.2, 0.25) is 0 Å². The van der Waals surface area contributed by atoms with Crippen LogP contribution in [0.2, 0.25) is 0 Å². The first-order valence-electron chi connectivity index (χ1n) is 7.36. The molecule has 0 aliphatic heterocycles. The van der Waals surface area contributed by atoms with Crippen molar-refractivity contribution < 1.29 is 22.5 Å². The highest BCUT2D eigenvalue weighted by Crippen LogP contribution is 2.34. The first kappa shape index (κ1) is 18.5. The molecule has 0 bridgehead atoms. The number of esters is 1. The molecular formula is C18H12INO5S. The van der Waals surface area contributed by atoms with Crippen molar-refractivity contribution in [3.63, 3.8) is 0 Å². The van der Waals surface area contributed by atoms with Gasteiger partial charge in [0.05, 0.1) is 3.57 Å². The number of benzene rings is 2. The molecule has 0 fully saturated rings. The van der Waals surface area contributed by atoms with Crippen LogP contribution in [-0.4, -0.2) is 23.9 Å². The van der Waals surface area contributed by atoms with Crippen LogP contribution in [0, 0.1) is 3.57 Å². The summed E-state index contributed by atoms with van der Waals surface area (Å²) < 4.78 is 38.3. The van der Waals surface area contributed by atoms with E-state index in [2.05, 4.69) is 4.98 Å². The van der Waals surface area contributed by atoms with Gasteiger partial charge in [0.15, 0.2) is 5.75 Å². The van der Waals surface area contributed by atoms with Crippen molar-refractivity contribution in [2.45, 2.75) is 4.90 Å². The van der Waals surface area contributed by atoms with Crippen LogP contribution < -0.4 is 4.74 Å². The maximum absolute atomic E-state index is 12.2. The maximum atomic E-state index is 12.2. The van der Waals surface area contributed by atoms with E-state index in [4.69, 9.17) is 4.74 Å². The second kappa shape index (κ2) is 7.52. The third-order valence-corrected chi connectivity index (χ3v) is 5.15. The normalized spacial score (nSPS) is 11.8. The summed E-state index contributed by atoms with van der Waals surface area (Å²) in [6.07, 6.45) is 4.33. The van der Waals surface area contributed by atoms with E-state index in [9.17, 15) is 17.8 Å². The minimum atomic E-state index is -4.44. The number of fused-ring (bicyclic) bond motifs is 1. The van der Waals surface area contributed by atoms with E-state index < -0.39 is 16.1 Å². The second-order valence-electron chi connectivity index (χ2n) is 5.23. The van der Waals surface area contributed by atoms with Gasteiger partial charge in [0.25, 0.3) is 10.1 Å². The number of aromatic nitrogens is 1. The Hall–Kier alpha value is -2.30. The van der Waals surface area contributed by atoms with Gasteiger partial charge in [-0.3, -0.25) is 9.54 Å². The molecule has 3 rings (SSSR count). The average molecular weight is 481 g/mol. The Morgan fingerprint density at radius 3 is 2.58 bits per heavy atom. The Balaban J connectivity index is 2.00. The lowest BCUT2D eigenvalue weighted by Gasteiger charge is -2.10. The van der Waals surface area contributed by atoms with E-state index in [1.165, 1.54) is 30.5 Å². The number of ether oxygens (including phenoxy) is 1. The number of hydrogen-bond acceptors (Lipinski definition) is 5. The number of hydrogen-bond donors (Lipinski definition) is 1. The van der Waals surface area contributed by atoms with Gasteiger partial charge >= 0.3 is 5.97 Å². The molecule has 1 aromatic heterocycles. The van der Waals surface area contributed by atoms with Crippen LogP contribution in [0.1, 0.15) is 5.56 Å². The first-order valence-corrected chi connectivity index (χ1v) is 9.88. The van der Waals surface area contributed by atoms with Crippen LogP contribution in [0.15, 0.2) is 65.7 Å². The molecule has 1 heterocycles. The van der Waals surface area contributed by atoms with Gasteiger partial charge in [-0.05, 0) is 52.4 Å². The van der Waals surface area contributed by atoms with Crippen molar-refractivity contribution in [3.8, 4) is 5.75 Å². The zero-order valence-corrected chi connectivity index (χ0v) is 16.1. The Morgan fingerprint density at radius 1 is 1.15 bits per heavy atom. The van der Waals surface area contributed by atoms with Gasteiger partial charge in [-0.25, -0.2) is 4.79 Å². The van der Waals surface area contributed by atoms with Gasteiger partial charge in [-0.2, -0.15) is 8.42 Å². The van der Waals surface area contributed by atoms with Gasteiger partial charge in [0, 0.05) is 17.7 Å². The molecule has 132 valence electrons. The Labute approximate surface area is 163 Å². The number of carbonyl (C=O) groups is 1. The number of pyridine rings is 1. The molecule has 2 aromatic carbocycles. The largest absolute Gasteiger partial charge is 0.420 e. The molecule has 0 spiro atoms. The lowest BCUT2D eigenvalue weighted by molar-refractivity contribution is -0.128. The number of rotatable bonds is 4. The maximum Gasteiger partial charge on any atom is 0.336 e. The fourth-order valence-electron chi connectivity index (χ4n) is 2.33. The minimum Gasteiger partial charge on any atom is -0.420 e. The third kappa shape index (κ3) is 4.09. The molecule has 0 aliphatic rings. The summed E-state index contributed by atoms with van der Waals surface area (Å²) in [7, 11) is -4.44. The summed E-state index contributed by atoms with van der Waals surface area (Å²) in [4.78, 5) is 16.0. The summed E-state index contributed by atoms with van der Waals surface area (Å²) in [6, 6.07) is 13.5.